The van der Waals surface area contributed by atoms with E-state index in [9.17, 15) is 19.3 Å². The third-order valence-electron chi connectivity index (χ3n) is 5.57. The maximum atomic E-state index is 12.7. The van der Waals surface area contributed by atoms with Gasteiger partial charge in [0.1, 0.15) is 31.2 Å². The van der Waals surface area contributed by atoms with Crippen molar-refractivity contribution in [2.75, 3.05) is 32.2 Å². The predicted molar refractivity (Wildman–Crippen MR) is 142 cm³/mol. The van der Waals surface area contributed by atoms with Crippen LogP contribution in [0.1, 0.15) is 54.7 Å². The molecule has 228 valence electrons. The van der Waals surface area contributed by atoms with Crippen molar-refractivity contribution < 1.29 is 47.4 Å². The lowest BCUT2D eigenvalue weighted by atomic mass is 10.1. The highest BCUT2D eigenvalue weighted by Gasteiger charge is 2.49. The molecule has 15 nitrogen and oxygen atoms in total. The van der Waals surface area contributed by atoms with Gasteiger partial charge < -0.3 is 43.6 Å². The summed E-state index contributed by atoms with van der Waals surface area (Å²) < 4.78 is 42.5. The Morgan fingerprint density at radius 2 is 1.62 bits per heavy atom. The second kappa shape index (κ2) is 16.3. The van der Waals surface area contributed by atoms with E-state index in [2.05, 4.69) is 4.98 Å². The van der Waals surface area contributed by atoms with E-state index in [1.54, 1.807) is 6.92 Å². The number of nitrogens with zero attached hydrogens (tertiary/aromatic N) is 3. The smallest absolute Gasteiger partial charge is 0.351 e. The molecule has 0 bridgehead atoms. The summed E-state index contributed by atoms with van der Waals surface area (Å²) in [5, 5.41) is 0. The van der Waals surface area contributed by atoms with Crippen LogP contribution in [0.15, 0.2) is 17.1 Å². The first-order valence-corrected chi connectivity index (χ1v) is 14.1. The number of hydrogen-bond donors (Lipinski definition) is 2. The number of carbonyl (C=O) groups excluding carboxylic acids is 2. The van der Waals surface area contributed by atoms with Gasteiger partial charge >= 0.3 is 17.6 Å². The van der Waals surface area contributed by atoms with E-state index < -0.39 is 57.2 Å². The van der Waals surface area contributed by atoms with E-state index in [1.807, 2.05) is 32.4 Å². The monoisotopic (exact) mass is 592 g/mol. The standard InChI is InChI=1S/C24H41N4O11P/c1-14(2)28(15(3)4)40(32)39-20-16(5)37-22(27-9-8-19(25)26-23(27)31)21(20)38-24(35-12-10-33-17(6)29)36-13-11-34-18(7)30/h8-9,14-16,20-22,24,32H,10-13H2,1-7H3,(H2,25,26,31)/t16-,20?,21?,22-,40?/m1/s1. The average molecular weight is 593 g/mol. The Kier molecular flexibility index (Phi) is 13.8. The molecule has 1 saturated heterocycles. The van der Waals surface area contributed by atoms with Crippen molar-refractivity contribution in [2.45, 2.75) is 91.6 Å². The Hall–Kier alpha value is -2.23. The van der Waals surface area contributed by atoms with Crippen molar-refractivity contribution in [3.63, 3.8) is 0 Å². The molecule has 0 aliphatic carbocycles. The summed E-state index contributed by atoms with van der Waals surface area (Å²) in [6, 6.07) is 1.37. The molecule has 1 aromatic rings. The fraction of sp³-hybridized carbons (Fsp3) is 0.750. The van der Waals surface area contributed by atoms with Gasteiger partial charge in [0.25, 0.3) is 15.0 Å². The first-order chi connectivity index (χ1) is 18.8. The number of nitrogen functional groups attached to an aromatic ring is 1. The SMILES string of the molecule is CC(=O)OCCOC(OCCOC(C)=O)OC1C(OP(O)N(C(C)C)C(C)C)[C@@H](C)O[C@H]1n1ccc(N)nc1=O. The van der Waals surface area contributed by atoms with Gasteiger partial charge in [-0.1, -0.05) is 0 Å². The third kappa shape index (κ3) is 10.3. The number of nitrogens with two attached hydrogens (primary N) is 1. The van der Waals surface area contributed by atoms with Crippen molar-refractivity contribution in [1.29, 1.82) is 0 Å². The lowest BCUT2D eigenvalue weighted by Crippen LogP contribution is -2.43. The van der Waals surface area contributed by atoms with Crippen LogP contribution < -0.4 is 11.4 Å². The topological polar surface area (TPSA) is 183 Å². The molecule has 0 spiro atoms. The van der Waals surface area contributed by atoms with Gasteiger partial charge in [-0.3, -0.25) is 14.2 Å². The van der Waals surface area contributed by atoms with Gasteiger partial charge in [0, 0.05) is 32.1 Å². The highest BCUT2D eigenvalue weighted by Crippen LogP contribution is 2.46. The third-order valence-corrected chi connectivity index (χ3v) is 7.32. The number of esters is 2. The van der Waals surface area contributed by atoms with E-state index >= 15 is 0 Å². The number of carbonyl (C=O) groups is 2. The second-order valence-electron chi connectivity index (χ2n) is 9.48. The molecule has 3 N–H and O–H groups in total. The van der Waals surface area contributed by atoms with Crippen molar-refractivity contribution in [1.82, 2.24) is 14.2 Å². The summed E-state index contributed by atoms with van der Waals surface area (Å²) in [7, 11) is -2.10. The van der Waals surface area contributed by atoms with Crippen LogP contribution >= 0.6 is 8.53 Å². The lowest BCUT2D eigenvalue weighted by Gasteiger charge is -2.36. The van der Waals surface area contributed by atoms with Gasteiger partial charge in [-0.2, -0.15) is 4.98 Å². The fourth-order valence-corrected chi connectivity index (χ4v) is 5.42. The minimum absolute atomic E-state index is 0.0291. The number of aromatic nitrogens is 2. The van der Waals surface area contributed by atoms with E-state index in [0.29, 0.717) is 0 Å². The summed E-state index contributed by atoms with van der Waals surface area (Å²) in [5.74, 6) is -0.953. The van der Waals surface area contributed by atoms with Crippen LogP contribution in [-0.4, -0.2) is 94.4 Å². The maximum absolute atomic E-state index is 12.7. The van der Waals surface area contributed by atoms with Gasteiger partial charge in [0.15, 0.2) is 6.23 Å². The quantitative estimate of drug-likeness (QED) is 0.121. The molecule has 1 aromatic heterocycles. The Labute approximate surface area is 234 Å². The van der Waals surface area contributed by atoms with Gasteiger partial charge in [0.05, 0.1) is 19.3 Å². The van der Waals surface area contributed by atoms with Crippen LogP contribution in [0.2, 0.25) is 0 Å². The summed E-state index contributed by atoms with van der Waals surface area (Å²) >= 11 is 0. The van der Waals surface area contributed by atoms with Crippen LogP contribution in [0.5, 0.6) is 0 Å². The van der Waals surface area contributed by atoms with Gasteiger partial charge in [-0.25, -0.2) is 9.46 Å². The first-order valence-electron chi connectivity index (χ1n) is 12.9. The molecule has 16 heteroatoms. The molecule has 3 unspecified atom stereocenters. The molecule has 40 heavy (non-hydrogen) atoms. The first kappa shape index (κ1) is 34.0. The highest BCUT2D eigenvalue weighted by molar-refractivity contribution is 7.43. The zero-order chi connectivity index (χ0) is 30.0. The van der Waals surface area contributed by atoms with Gasteiger partial charge in [-0.15, -0.1) is 0 Å². The number of hydrogen-bond acceptors (Lipinski definition) is 14. The maximum Gasteiger partial charge on any atom is 0.351 e. The van der Waals surface area contributed by atoms with Crippen LogP contribution in [0, 0.1) is 0 Å². The van der Waals surface area contributed by atoms with Crippen LogP contribution in [0.3, 0.4) is 0 Å². The number of rotatable bonds is 16. The Bertz CT molecular complexity index is 981. The largest absolute Gasteiger partial charge is 0.463 e. The second-order valence-corrected chi connectivity index (χ2v) is 10.7. The van der Waals surface area contributed by atoms with Crippen LogP contribution in [0.25, 0.3) is 0 Å². The summed E-state index contributed by atoms with van der Waals surface area (Å²) in [4.78, 5) is 49.8. The predicted octanol–water partition coefficient (Wildman–Crippen LogP) is 1.29. The minimum atomic E-state index is -2.10. The highest BCUT2D eigenvalue weighted by atomic mass is 31.2. The lowest BCUT2D eigenvalue weighted by molar-refractivity contribution is -0.320. The Morgan fingerprint density at radius 3 is 2.10 bits per heavy atom. The molecule has 0 saturated carbocycles. The van der Waals surface area contributed by atoms with E-state index in [0.717, 1.165) is 0 Å². The molecular formula is C24H41N4O11P. The summed E-state index contributed by atoms with van der Waals surface area (Å²) in [6.45, 7) is 10.2. The van der Waals surface area contributed by atoms with Gasteiger partial charge in [0.2, 0.25) is 0 Å². The molecule has 2 heterocycles. The summed E-state index contributed by atoms with van der Waals surface area (Å²) in [5.41, 5.74) is 4.97. The number of ether oxygens (including phenoxy) is 6. The van der Waals surface area contributed by atoms with Crippen LogP contribution in [0.4, 0.5) is 5.82 Å². The van der Waals surface area contributed by atoms with Crippen molar-refractivity contribution in [3.05, 3.63) is 22.7 Å². The Morgan fingerprint density at radius 1 is 1.07 bits per heavy atom. The normalized spacial score (nSPS) is 21.9. The molecule has 5 atom stereocenters. The van der Waals surface area contributed by atoms with Crippen LogP contribution in [-0.2, 0) is 42.5 Å². The van der Waals surface area contributed by atoms with Crippen molar-refractivity contribution in [2.24, 2.45) is 0 Å². The molecule has 0 radical (unpaired) electrons. The van der Waals surface area contributed by atoms with Crippen molar-refractivity contribution in [3.8, 4) is 0 Å². The molecule has 0 amide bonds. The average Bonchev–Trinajstić information content (AvgIpc) is 3.12. The zero-order valence-electron chi connectivity index (χ0n) is 23.9. The molecule has 1 aliphatic heterocycles. The molecule has 1 aliphatic rings. The fourth-order valence-electron chi connectivity index (χ4n) is 4.01. The van der Waals surface area contributed by atoms with E-state index in [-0.39, 0.29) is 44.3 Å². The minimum Gasteiger partial charge on any atom is -0.463 e. The summed E-state index contributed by atoms with van der Waals surface area (Å²) in [6.07, 6.45) is -2.24. The van der Waals surface area contributed by atoms with E-state index in [4.69, 9.17) is 38.7 Å². The molecule has 1 fully saturated rings. The number of anilines is 1. The molecular weight excluding hydrogens is 551 g/mol. The van der Waals surface area contributed by atoms with Gasteiger partial charge in [-0.05, 0) is 40.7 Å². The Balaban J connectivity index is 2.35. The zero-order valence-corrected chi connectivity index (χ0v) is 24.8. The van der Waals surface area contributed by atoms with Crippen molar-refractivity contribution >= 4 is 26.3 Å². The molecule has 2 rings (SSSR count). The van der Waals surface area contributed by atoms with E-state index in [1.165, 1.54) is 30.7 Å². The molecule has 0 aromatic carbocycles.